The summed E-state index contributed by atoms with van der Waals surface area (Å²) in [5, 5.41) is 6.36. The Balaban J connectivity index is 2.02. The number of guanidine groups is 1. The lowest BCUT2D eigenvalue weighted by molar-refractivity contribution is -0.116. The molecule has 1 aliphatic heterocycles. The van der Waals surface area contributed by atoms with Crippen LogP contribution in [0.4, 0.5) is 5.69 Å². The Morgan fingerprint density at radius 1 is 1.36 bits per heavy atom. The molecule has 1 atom stereocenters. The van der Waals surface area contributed by atoms with Gasteiger partial charge in [0.25, 0.3) is 0 Å². The van der Waals surface area contributed by atoms with Crippen LogP contribution in [-0.4, -0.2) is 36.4 Å². The molecule has 1 saturated heterocycles. The van der Waals surface area contributed by atoms with E-state index >= 15 is 0 Å². The molecule has 25 heavy (non-hydrogen) atoms. The average molecular weight is 345 g/mol. The van der Waals surface area contributed by atoms with Crippen molar-refractivity contribution >= 4 is 17.6 Å². The molecule has 0 aromatic heterocycles. The van der Waals surface area contributed by atoms with Gasteiger partial charge in [-0.3, -0.25) is 4.79 Å². The highest BCUT2D eigenvalue weighted by atomic mass is 16.1. The molecule has 5 heteroatoms. The van der Waals surface area contributed by atoms with E-state index in [1.165, 1.54) is 12.8 Å². The molecule has 5 nitrogen and oxygen atoms in total. The first-order chi connectivity index (χ1) is 12.1. The molecule has 1 amide bonds. The molecule has 1 aromatic carbocycles. The van der Waals surface area contributed by atoms with Crippen LogP contribution in [0.25, 0.3) is 0 Å². The number of carbonyl (C=O) groups is 1. The van der Waals surface area contributed by atoms with E-state index in [-0.39, 0.29) is 5.91 Å². The highest BCUT2D eigenvalue weighted by molar-refractivity contribution is 5.90. The summed E-state index contributed by atoms with van der Waals surface area (Å²) in [6.45, 7) is 10.0. The van der Waals surface area contributed by atoms with Gasteiger partial charge in [-0.1, -0.05) is 26.0 Å². The first-order valence-corrected chi connectivity index (χ1v) is 9.54. The Morgan fingerprint density at radius 2 is 2.20 bits per heavy atom. The van der Waals surface area contributed by atoms with Crippen molar-refractivity contribution in [3.05, 3.63) is 29.8 Å². The average Bonchev–Trinajstić information content (AvgIpc) is 2.59. The highest BCUT2D eigenvalue weighted by Gasteiger charge is 2.19. The molecule has 2 rings (SSSR count). The second kappa shape index (κ2) is 10.1. The van der Waals surface area contributed by atoms with Gasteiger partial charge in [-0.25, -0.2) is 4.99 Å². The number of amides is 1. The SMILES string of the molecule is CCCC(=O)Nc1cccc(CN=C(NCC)N2CCCC(C)C2)c1. The van der Waals surface area contributed by atoms with Crippen molar-refractivity contribution < 1.29 is 4.79 Å². The van der Waals surface area contributed by atoms with E-state index in [1.54, 1.807) is 0 Å². The summed E-state index contributed by atoms with van der Waals surface area (Å²) in [4.78, 5) is 18.9. The van der Waals surface area contributed by atoms with Gasteiger partial charge in [-0.2, -0.15) is 0 Å². The molecule has 0 saturated carbocycles. The van der Waals surface area contributed by atoms with Crippen molar-refractivity contribution in [1.82, 2.24) is 10.2 Å². The molecule has 138 valence electrons. The Hall–Kier alpha value is -2.04. The van der Waals surface area contributed by atoms with E-state index < -0.39 is 0 Å². The number of aliphatic imine (C=N–C) groups is 1. The van der Waals surface area contributed by atoms with Crippen molar-refractivity contribution in [3.8, 4) is 0 Å². The molecular weight excluding hydrogens is 312 g/mol. The number of hydrogen-bond donors (Lipinski definition) is 2. The van der Waals surface area contributed by atoms with E-state index in [1.807, 2.05) is 25.1 Å². The van der Waals surface area contributed by atoms with Crippen LogP contribution in [0.3, 0.4) is 0 Å². The monoisotopic (exact) mass is 344 g/mol. The molecule has 0 spiro atoms. The summed E-state index contributed by atoms with van der Waals surface area (Å²) in [6.07, 6.45) is 3.94. The van der Waals surface area contributed by atoms with Crippen LogP contribution in [0.5, 0.6) is 0 Å². The minimum absolute atomic E-state index is 0.0683. The summed E-state index contributed by atoms with van der Waals surface area (Å²) in [7, 11) is 0. The molecule has 0 bridgehead atoms. The maximum atomic E-state index is 11.8. The van der Waals surface area contributed by atoms with Crippen LogP contribution in [0.15, 0.2) is 29.3 Å². The molecule has 2 N–H and O–H groups in total. The first-order valence-electron chi connectivity index (χ1n) is 9.54. The number of hydrogen-bond acceptors (Lipinski definition) is 2. The quantitative estimate of drug-likeness (QED) is 0.612. The minimum Gasteiger partial charge on any atom is -0.357 e. The molecule has 0 aliphatic carbocycles. The number of rotatable bonds is 6. The predicted molar refractivity (Wildman–Crippen MR) is 105 cm³/mol. The number of anilines is 1. The molecule has 1 fully saturated rings. The zero-order chi connectivity index (χ0) is 18.1. The fraction of sp³-hybridized carbons (Fsp3) is 0.600. The predicted octanol–water partition coefficient (Wildman–Crippen LogP) is 3.62. The number of benzene rings is 1. The lowest BCUT2D eigenvalue weighted by Gasteiger charge is -2.33. The first kappa shape index (κ1) is 19.3. The number of likely N-dealkylation sites (tertiary alicyclic amines) is 1. The Labute approximate surface area is 151 Å². The summed E-state index contributed by atoms with van der Waals surface area (Å²) >= 11 is 0. The maximum Gasteiger partial charge on any atom is 0.224 e. The fourth-order valence-corrected chi connectivity index (χ4v) is 3.17. The van der Waals surface area contributed by atoms with E-state index in [2.05, 4.69) is 35.4 Å². The summed E-state index contributed by atoms with van der Waals surface area (Å²) in [5.41, 5.74) is 1.96. The van der Waals surface area contributed by atoms with Crippen LogP contribution in [0.1, 0.15) is 52.0 Å². The lowest BCUT2D eigenvalue weighted by atomic mass is 10.0. The maximum absolute atomic E-state index is 11.8. The van der Waals surface area contributed by atoms with Crippen LogP contribution in [-0.2, 0) is 11.3 Å². The third-order valence-corrected chi connectivity index (χ3v) is 4.39. The molecule has 0 radical (unpaired) electrons. The van der Waals surface area contributed by atoms with E-state index in [9.17, 15) is 4.79 Å². The second-order valence-corrected chi connectivity index (χ2v) is 6.86. The van der Waals surface area contributed by atoms with Crippen molar-refractivity contribution in [3.63, 3.8) is 0 Å². The van der Waals surface area contributed by atoms with Crippen molar-refractivity contribution in [1.29, 1.82) is 0 Å². The third kappa shape index (κ3) is 6.40. The summed E-state index contributed by atoms with van der Waals surface area (Å²) in [5.74, 6) is 1.78. The summed E-state index contributed by atoms with van der Waals surface area (Å²) < 4.78 is 0. The third-order valence-electron chi connectivity index (χ3n) is 4.39. The molecule has 1 aromatic rings. The Bertz CT molecular complexity index is 585. The minimum atomic E-state index is 0.0683. The molecule has 1 aliphatic rings. The van der Waals surface area contributed by atoms with Crippen molar-refractivity contribution in [2.24, 2.45) is 10.9 Å². The number of piperidine rings is 1. The van der Waals surface area contributed by atoms with Gasteiger partial charge in [-0.15, -0.1) is 0 Å². The highest BCUT2D eigenvalue weighted by Crippen LogP contribution is 2.16. The number of nitrogens with one attached hydrogen (secondary N) is 2. The zero-order valence-corrected chi connectivity index (χ0v) is 15.8. The van der Waals surface area contributed by atoms with Gasteiger partial charge in [-0.05, 0) is 49.8 Å². The fourth-order valence-electron chi connectivity index (χ4n) is 3.17. The van der Waals surface area contributed by atoms with Gasteiger partial charge in [0.15, 0.2) is 5.96 Å². The van der Waals surface area contributed by atoms with Gasteiger partial charge >= 0.3 is 0 Å². The largest absolute Gasteiger partial charge is 0.357 e. The van der Waals surface area contributed by atoms with Gasteiger partial charge in [0.2, 0.25) is 5.91 Å². The van der Waals surface area contributed by atoms with Crippen LogP contribution >= 0.6 is 0 Å². The smallest absolute Gasteiger partial charge is 0.224 e. The van der Waals surface area contributed by atoms with Crippen LogP contribution in [0.2, 0.25) is 0 Å². The van der Waals surface area contributed by atoms with Crippen LogP contribution in [0, 0.1) is 5.92 Å². The van der Waals surface area contributed by atoms with Crippen LogP contribution < -0.4 is 10.6 Å². The number of nitrogens with zero attached hydrogens (tertiary/aromatic N) is 2. The van der Waals surface area contributed by atoms with E-state index in [4.69, 9.17) is 4.99 Å². The zero-order valence-electron chi connectivity index (χ0n) is 15.8. The van der Waals surface area contributed by atoms with Gasteiger partial charge in [0.05, 0.1) is 6.54 Å². The van der Waals surface area contributed by atoms with Crippen molar-refractivity contribution in [2.75, 3.05) is 25.0 Å². The van der Waals surface area contributed by atoms with Gasteiger partial charge < -0.3 is 15.5 Å². The molecule has 1 heterocycles. The Morgan fingerprint density at radius 3 is 2.92 bits per heavy atom. The summed E-state index contributed by atoms with van der Waals surface area (Å²) in [6, 6.07) is 7.97. The second-order valence-electron chi connectivity index (χ2n) is 6.86. The molecule has 1 unspecified atom stereocenters. The standard InChI is InChI=1S/C20H32N4O/c1-4-8-19(25)23-18-11-6-10-17(13-18)14-22-20(21-5-2)24-12-7-9-16(3)15-24/h6,10-11,13,16H,4-5,7-9,12,14-15H2,1-3H3,(H,21,22)(H,23,25). The lowest BCUT2D eigenvalue weighted by Crippen LogP contribution is -2.46. The van der Waals surface area contributed by atoms with Gasteiger partial charge in [0.1, 0.15) is 0 Å². The Kier molecular flexibility index (Phi) is 7.76. The topological polar surface area (TPSA) is 56.7 Å². The van der Waals surface area contributed by atoms with E-state index in [0.717, 1.165) is 49.2 Å². The van der Waals surface area contributed by atoms with Gasteiger partial charge in [0, 0.05) is 31.7 Å². The van der Waals surface area contributed by atoms with Crippen molar-refractivity contribution in [2.45, 2.75) is 53.0 Å². The van der Waals surface area contributed by atoms with E-state index in [0.29, 0.717) is 13.0 Å². The molecular formula is C20H32N4O. The number of carbonyl (C=O) groups excluding carboxylic acids is 1. The normalized spacial score (nSPS) is 18.1.